The fourth-order valence-corrected chi connectivity index (χ4v) is 1.66. The van der Waals surface area contributed by atoms with E-state index in [0.717, 1.165) is 0 Å². The minimum atomic E-state index is -3.58. The molecule has 94 valence electrons. The van der Waals surface area contributed by atoms with E-state index in [2.05, 4.69) is 5.32 Å². The van der Waals surface area contributed by atoms with Crippen LogP contribution in [0, 0.1) is 6.92 Å². The van der Waals surface area contributed by atoms with Crippen LogP contribution in [0.15, 0.2) is 18.2 Å². The predicted octanol–water partition coefficient (Wildman–Crippen LogP) is -0.281. The molecule has 1 amide bonds. The summed E-state index contributed by atoms with van der Waals surface area (Å²) in [6.45, 7) is 1.54. The Morgan fingerprint density at radius 3 is 2.71 bits per heavy atom. The van der Waals surface area contributed by atoms with Gasteiger partial charge in [-0.05, 0) is 19.1 Å². The van der Waals surface area contributed by atoms with Crippen LogP contribution in [0.3, 0.4) is 0 Å². The molecular weight excluding hydrogens is 244 g/mol. The molecule has 0 heterocycles. The zero-order valence-electron chi connectivity index (χ0n) is 9.30. The first kappa shape index (κ1) is 13.5. The van der Waals surface area contributed by atoms with Crippen molar-refractivity contribution in [3.05, 3.63) is 29.3 Å². The number of phenolic OH excluding ortho intramolecular Hbond substituents is 1. The zero-order chi connectivity index (χ0) is 13.1. The molecule has 0 radical (unpaired) electrons. The fourth-order valence-electron chi connectivity index (χ4n) is 1.27. The second kappa shape index (κ2) is 5.15. The Balaban J connectivity index is 2.68. The Labute approximate surface area is 99.5 Å². The molecule has 0 unspecified atom stereocenters. The number of amides is 1. The zero-order valence-corrected chi connectivity index (χ0v) is 10.1. The van der Waals surface area contributed by atoms with Crippen molar-refractivity contribution in [2.45, 2.75) is 6.92 Å². The second-order valence-corrected chi connectivity index (χ2v) is 5.31. The Kier molecular flexibility index (Phi) is 4.08. The maximum absolute atomic E-state index is 11.6. The molecule has 0 spiro atoms. The summed E-state index contributed by atoms with van der Waals surface area (Å²) in [6.07, 6.45) is 0. The number of phenols is 1. The normalized spacial score (nSPS) is 11.2. The Morgan fingerprint density at radius 2 is 2.12 bits per heavy atom. The first-order chi connectivity index (χ1) is 7.81. The molecule has 0 aromatic heterocycles. The molecule has 0 aliphatic rings. The van der Waals surface area contributed by atoms with Crippen molar-refractivity contribution in [3.63, 3.8) is 0 Å². The van der Waals surface area contributed by atoms with Crippen molar-refractivity contribution in [1.82, 2.24) is 5.32 Å². The summed E-state index contributed by atoms with van der Waals surface area (Å²) in [5.74, 6) is -0.748. The van der Waals surface area contributed by atoms with Crippen LogP contribution in [0.1, 0.15) is 15.9 Å². The van der Waals surface area contributed by atoms with Gasteiger partial charge in [0, 0.05) is 17.7 Å². The van der Waals surface area contributed by atoms with Crippen LogP contribution in [0.4, 0.5) is 0 Å². The lowest BCUT2D eigenvalue weighted by Crippen LogP contribution is -2.31. The second-order valence-electron chi connectivity index (χ2n) is 3.57. The molecular formula is C10H14N2O4S. The van der Waals surface area contributed by atoms with Crippen LogP contribution in [-0.4, -0.2) is 31.7 Å². The molecule has 0 fully saturated rings. The van der Waals surface area contributed by atoms with Crippen molar-refractivity contribution in [2.75, 3.05) is 12.3 Å². The highest BCUT2D eigenvalue weighted by Crippen LogP contribution is 2.19. The van der Waals surface area contributed by atoms with Crippen molar-refractivity contribution in [3.8, 4) is 5.75 Å². The minimum Gasteiger partial charge on any atom is -0.508 e. The molecule has 4 N–H and O–H groups in total. The van der Waals surface area contributed by atoms with Crippen LogP contribution in [0.2, 0.25) is 0 Å². The molecule has 7 heteroatoms. The van der Waals surface area contributed by atoms with Gasteiger partial charge in [-0.1, -0.05) is 6.07 Å². The molecule has 1 rings (SSSR count). The third kappa shape index (κ3) is 4.04. The monoisotopic (exact) mass is 258 g/mol. The lowest BCUT2D eigenvalue weighted by molar-refractivity contribution is 0.0955. The Hall–Kier alpha value is -1.60. The molecule has 0 aliphatic carbocycles. The number of benzene rings is 1. The van der Waals surface area contributed by atoms with Gasteiger partial charge in [0.15, 0.2) is 0 Å². The van der Waals surface area contributed by atoms with Gasteiger partial charge in [-0.15, -0.1) is 0 Å². The standard InChI is InChI=1S/C10H14N2O4S/c1-7-8(3-2-4-9(7)13)10(14)12-5-6-17(11,15)16/h2-4,13H,5-6H2,1H3,(H,12,14)(H2,11,15,16). The molecule has 1 aromatic carbocycles. The van der Waals surface area contributed by atoms with Gasteiger partial charge in [-0.2, -0.15) is 0 Å². The van der Waals surface area contributed by atoms with Gasteiger partial charge < -0.3 is 10.4 Å². The maximum Gasteiger partial charge on any atom is 0.251 e. The Bertz CT molecular complexity index is 525. The molecule has 0 bridgehead atoms. The number of aromatic hydroxyl groups is 1. The van der Waals surface area contributed by atoms with Gasteiger partial charge in [0.05, 0.1) is 5.75 Å². The number of sulfonamides is 1. The summed E-state index contributed by atoms with van der Waals surface area (Å²) in [4.78, 5) is 11.6. The number of hydrogen-bond donors (Lipinski definition) is 3. The molecule has 0 atom stereocenters. The van der Waals surface area contributed by atoms with Crippen molar-refractivity contribution in [2.24, 2.45) is 5.14 Å². The average molecular weight is 258 g/mol. The largest absolute Gasteiger partial charge is 0.508 e. The molecule has 17 heavy (non-hydrogen) atoms. The third-order valence-electron chi connectivity index (χ3n) is 2.22. The number of carbonyl (C=O) groups is 1. The van der Waals surface area contributed by atoms with Crippen LogP contribution in [0.5, 0.6) is 5.75 Å². The summed E-state index contributed by atoms with van der Waals surface area (Å²) in [5.41, 5.74) is 0.750. The van der Waals surface area contributed by atoms with Gasteiger partial charge in [0.2, 0.25) is 10.0 Å². The van der Waals surface area contributed by atoms with E-state index >= 15 is 0 Å². The van der Waals surface area contributed by atoms with E-state index < -0.39 is 15.9 Å². The lowest BCUT2D eigenvalue weighted by Gasteiger charge is -2.08. The summed E-state index contributed by atoms with van der Waals surface area (Å²) >= 11 is 0. The first-order valence-electron chi connectivity index (χ1n) is 4.88. The Morgan fingerprint density at radius 1 is 1.47 bits per heavy atom. The van der Waals surface area contributed by atoms with Crippen LogP contribution in [0.25, 0.3) is 0 Å². The van der Waals surface area contributed by atoms with E-state index in [1.807, 2.05) is 0 Å². The van der Waals surface area contributed by atoms with Gasteiger partial charge in [-0.3, -0.25) is 4.79 Å². The molecule has 0 aliphatic heterocycles. The number of nitrogens with one attached hydrogen (secondary N) is 1. The van der Waals surface area contributed by atoms with E-state index in [-0.39, 0.29) is 18.0 Å². The maximum atomic E-state index is 11.6. The number of carbonyl (C=O) groups excluding carboxylic acids is 1. The van der Waals surface area contributed by atoms with Gasteiger partial charge in [-0.25, -0.2) is 13.6 Å². The number of hydrogen-bond acceptors (Lipinski definition) is 4. The quantitative estimate of drug-likeness (QED) is 0.689. The predicted molar refractivity (Wildman–Crippen MR) is 63.2 cm³/mol. The SMILES string of the molecule is Cc1c(O)cccc1C(=O)NCCS(N)(=O)=O. The molecule has 6 nitrogen and oxygen atoms in total. The van der Waals surface area contributed by atoms with E-state index in [1.54, 1.807) is 13.0 Å². The number of primary sulfonamides is 1. The van der Waals surface area contributed by atoms with E-state index in [4.69, 9.17) is 5.14 Å². The van der Waals surface area contributed by atoms with Crippen LogP contribution < -0.4 is 10.5 Å². The number of nitrogens with two attached hydrogens (primary N) is 1. The summed E-state index contributed by atoms with van der Waals surface area (Å²) < 4.78 is 21.3. The van der Waals surface area contributed by atoms with Crippen molar-refractivity contribution >= 4 is 15.9 Å². The highest BCUT2D eigenvalue weighted by Gasteiger charge is 2.11. The van der Waals surface area contributed by atoms with Crippen molar-refractivity contribution < 1.29 is 18.3 Å². The minimum absolute atomic E-state index is 0.0177. The lowest BCUT2D eigenvalue weighted by atomic mass is 10.1. The fraction of sp³-hybridized carbons (Fsp3) is 0.300. The van der Waals surface area contributed by atoms with E-state index in [0.29, 0.717) is 11.1 Å². The van der Waals surface area contributed by atoms with Crippen molar-refractivity contribution in [1.29, 1.82) is 0 Å². The smallest absolute Gasteiger partial charge is 0.251 e. The highest BCUT2D eigenvalue weighted by atomic mass is 32.2. The van der Waals surface area contributed by atoms with E-state index in [9.17, 15) is 18.3 Å². The highest BCUT2D eigenvalue weighted by molar-refractivity contribution is 7.89. The average Bonchev–Trinajstić information content (AvgIpc) is 2.20. The van der Waals surface area contributed by atoms with Crippen LogP contribution in [-0.2, 0) is 10.0 Å². The summed E-state index contributed by atoms with van der Waals surface area (Å²) in [7, 11) is -3.58. The summed E-state index contributed by atoms with van der Waals surface area (Å²) in [6, 6.07) is 4.55. The van der Waals surface area contributed by atoms with Gasteiger partial charge in [0.25, 0.3) is 5.91 Å². The van der Waals surface area contributed by atoms with Gasteiger partial charge >= 0.3 is 0 Å². The topological polar surface area (TPSA) is 109 Å². The van der Waals surface area contributed by atoms with E-state index in [1.165, 1.54) is 12.1 Å². The molecule has 1 aromatic rings. The molecule has 0 saturated heterocycles. The van der Waals surface area contributed by atoms with Crippen LogP contribution >= 0.6 is 0 Å². The first-order valence-corrected chi connectivity index (χ1v) is 6.60. The third-order valence-corrected chi connectivity index (χ3v) is 3.00. The summed E-state index contributed by atoms with van der Waals surface area (Å²) in [5, 5.41) is 16.6. The molecule has 0 saturated carbocycles. The number of rotatable bonds is 4. The van der Waals surface area contributed by atoms with Gasteiger partial charge in [0.1, 0.15) is 5.75 Å².